The zero-order valence-electron chi connectivity index (χ0n) is 17.7. The van der Waals surface area contributed by atoms with Gasteiger partial charge in [0.1, 0.15) is 18.1 Å². The van der Waals surface area contributed by atoms with E-state index < -0.39 is 42.4 Å². The Kier molecular flexibility index (Phi) is 5.45. The maximum absolute atomic E-state index is 12.9. The number of likely N-dealkylation sites (tertiary alicyclic amines) is 1. The van der Waals surface area contributed by atoms with Crippen molar-refractivity contribution in [3.05, 3.63) is 71.8 Å². The van der Waals surface area contributed by atoms with E-state index in [2.05, 4.69) is 10.6 Å². The Balaban J connectivity index is 1.22. The molecule has 33 heavy (non-hydrogen) atoms. The highest BCUT2D eigenvalue weighted by Crippen LogP contribution is 2.31. The normalized spacial score (nSPS) is 28.1. The van der Waals surface area contributed by atoms with E-state index in [1.165, 1.54) is 4.90 Å². The standard InChI is InChI=1S/C24H23N3O6/c28-21-19(17(25-21)14-8-3-1-4-9-14)32-23(30)16-12-7-13-27(16)24(31)33-20-18(26-22(20)29)15-10-5-2-6-11-15/h1-6,8-11,16-20H,7,12-13H2,(H,25,28)(H,26,29)/t16?,17-,18-,19+,20+/m1/s1. The molecule has 0 bridgehead atoms. The second-order valence-corrected chi connectivity index (χ2v) is 8.31. The Labute approximate surface area is 190 Å². The average molecular weight is 449 g/mol. The van der Waals surface area contributed by atoms with Crippen molar-refractivity contribution >= 4 is 23.9 Å². The molecule has 9 heteroatoms. The predicted octanol–water partition coefficient (Wildman–Crippen LogP) is 1.61. The van der Waals surface area contributed by atoms with E-state index in [0.29, 0.717) is 19.4 Å². The smallest absolute Gasteiger partial charge is 0.411 e. The molecule has 9 nitrogen and oxygen atoms in total. The largest absolute Gasteiger partial charge is 0.448 e. The molecule has 0 spiro atoms. The zero-order valence-corrected chi connectivity index (χ0v) is 17.7. The third-order valence-electron chi connectivity index (χ3n) is 6.27. The van der Waals surface area contributed by atoms with Gasteiger partial charge in [-0.05, 0) is 24.0 Å². The summed E-state index contributed by atoms with van der Waals surface area (Å²) in [4.78, 5) is 51.1. The van der Waals surface area contributed by atoms with E-state index in [1.54, 1.807) is 0 Å². The van der Waals surface area contributed by atoms with E-state index in [0.717, 1.165) is 11.1 Å². The van der Waals surface area contributed by atoms with Crippen molar-refractivity contribution in [1.82, 2.24) is 15.5 Å². The van der Waals surface area contributed by atoms with Crippen molar-refractivity contribution < 1.29 is 28.7 Å². The third-order valence-corrected chi connectivity index (χ3v) is 6.27. The van der Waals surface area contributed by atoms with Gasteiger partial charge < -0.3 is 20.1 Å². The molecule has 3 aliphatic heterocycles. The Bertz CT molecular complexity index is 991. The minimum Gasteiger partial charge on any atom is -0.448 e. The van der Waals surface area contributed by atoms with Gasteiger partial charge >= 0.3 is 12.1 Å². The second kappa shape index (κ2) is 8.57. The molecule has 3 heterocycles. The number of hydrogen-bond donors (Lipinski definition) is 2. The van der Waals surface area contributed by atoms with Crippen molar-refractivity contribution in [2.45, 2.75) is 43.2 Å². The first-order valence-electron chi connectivity index (χ1n) is 10.9. The maximum Gasteiger partial charge on any atom is 0.411 e. The quantitative estimate of drug-likeness (QED) is 0.530. The summed E-state index contributed by atoms with van der Waals surface area (Å²) in [5, 5.41) is 5.47. The Morgan fingerprint density at radius 3 is 1.82 bits per heavy atom. The number of rotatable bonds is 5. The molecule has 1 unspecified atom stereocenters. The van der Waals surface area contributed by atoms with E-state index >= 15 is 0 Å². The summed E-state index contributed by atoms with van der Waals surface area (Å²) in [5.74, 6) is -1.41. The molecule has 5 rings (SSSR count). The fourth-order valence-corrected chi connectivity index (χ4v) is 4.42. The lowest BCUT2D eigenvalue weighted by Gasteiger charge is -2.38. The first kappa shape index (κ1) is 21.0. The van der Waals surface area contributed by atoms with Crippen LogP contribution in [-0.2, 0) is 23.9 Å². The first-order chi connectivity index (χ1) is 16.0. The first-order valence-corrected chi connectivity index (χ1v) is 10.9. The lowest BCUT2D eigenvalue weighted by atomic mass is 9.94. The van der Waals surface area contributed by atoms with Gasteiger partial charge in [0.05, 0.1) is 0 Å². The van der Waals surface area contributed by atoms with Gasteiger partial charge in [0.2, 0.25) is 12.2 Å². The number of esters is 1. The Morgan fingerprint density at radius 1 is 0.788 bits per heavy atom. The van der Waals surface area contributed by atoms with E-state index in [-0.39, 0.29) is 11.8 Å². The maximum atomic E-state index is 12.9. The van der Waals surface area contributed by atoms with Crippen LogP contribution in [0.2, 0.25) is 0 Å². The van der Waals surface area contributed by atoms with Gasteiger partial charge in [-0.2, -0.15) is 0 Å². The number of benzene rings is 2. The van der Waals surface area contributed by atoms with Crippen molar-refractivity contribution in [2.24, 2.45) is 0 Å². The monoisotopic (exact) mass is 449 g/mol. The fourth-order valence-electron chi connectivity index (χ4n) is 4.42. The Morgan fingerprint density at radius 2 is 1.30 bits per heavy atom. The van der Waals surface area contributed by atoms with Gasteiger partial charge in [0.25, 0.3) is 11.8 Å². The molecule has 0 saturated carbocycles. The topological polar surface area (TPSA) is 114 Å². The highest BCUT2D eigenvalue weighted by Gasteiger charge is 2.48. The highest BCUT2D eigenvalue weighted by molar-refractivity contribution is 5.93. The van der Waals surface area contributed by atoms with Gasteiger partial charge in [-0.1, -0.05) is 60.7 Å². The molecular formula is C24H23N3O6. The summed E-state index contributed by atoms with van der Waals surface area (Å²) >= 11 is 0. The number of nitrogens with zero attached hydrogens (tertiary/aromatic N) is 1. The van der Waals surface area contributed by atoms with Gasteiger partial charge in [-0.15, -0.1) is 0 Å². The number of carbonyl (C=O) groups is 4. The highest BCUT2D eigenvalue weighted by atomic mass is 16.6. The van der Waals surface area contributed by atoms with Crippen molar-refractivity contribution in [3.63, 3.8) is 0 Å². The molecule has 5 atom stereocenters. The minimum atomic E-state index is -0.961. The SMILES string of the molecule is O=C(O[C@@H]1C(=O)N[C@@H]1c1ccccc1)C1CCCN1C(=O)O[C@@H]1C(=O)N[C@@H]1c1ccccc1. The number of amides is 3. The number of β-lactam (4-membered cyclic amide) rings is 2. The number of ether oxygens (including phenoxy) is 2. The summed E-state index contributed by atoms with van der Waals surface area (Å²) in [5.41, 5.74) is 1.66. The summed E-state index contributed by atoms with van der Waals surface area (Å²) in [6.07, 6.45) is -1.66. The molecule has 3 amide bonds. The number of carbonyl (C=O) groups excluding carboxylic acids is 4. The van der Waals surface area contributed by atoms with E-state index in [4.69, 9.17) is 9.47 Å². The molecule has 3 fully saturated rings. The third kappa shape index (κ3) is 3.90. The molecule has 3 aliphatic rings. The summed E-state index contributed by atoms with van der Waals surface area (Å²) in [6, 6.07) is 16.7. The molecule has 170 valence electrons. The molecule has 2 aromatic rings. The zero-order chi connectivity index (χ0) is 22.9. The number of nitrogens with one attached hydrogen (secondary N) is 2. The lowest BCUT2D eigenvalue weighted by Crippen LogP contribution is -2.60. The molecule has 2 aromatic carbocycles. The van der Waals surface area contributed by atoms with Crippen LogP contribution >= 0.6 is 0 Å². The summed E-state index contributed by atoms with van der Waals surface area (Å²) in [7, 11) is 0. The number of hydrogen-bond acceptors (Lipinski definition) is 6. The Hall–Kier alpha value is -3.88. The van der Waals surface area contributed by atoms with Crippen LogP contribution in [0, 0.1) is 0 Å². The molecule has 2 N–H and O–H groups in total. The molecule has 0 aromatic heterocycles. The second-order valence-electron chi connectivity index (χ2n) is 8.31. The molecule has 0 aliphatic carbocycles. The van der Waals surface area contributed by atoms with Crippen LogP contribution < -0.4 is 10.6 Å². The van der Waals surface area contributed by atoms with Crippen molar-refractivity contribution in [3.8, 4) is 0 Å². The van der Waals surface area contributed by atoms with Crippen molar-refractivity contribution in [2.75, 3.05) is 6.54 Å². The average Bonchev–Trinajstić information content (AvgIpc) is 3.34. The van der Waals surface area contributed by atoms with Gasteiger partial charge in [-0.25, -0.2) is 9.59 Å². The minimum absolute atomic E-state index is 0.307. The van der Waals surface area contributed by atoms with Crippen LogP contribution in [0.5, 0.6) is 0 Å². The van der Waals surface area contributed by atoms with Gasteiger partial charge in [0, 0.05) is 6.54 Å². The lowest BCUT2D eigenvalue weighted by molar-refractivity contribution is -0.169. The molecule has 0 radical (unpaired) electrons. The van der Waals surface area contributed by atoms with Gasteiger partial charge in [0.15, 0.2) is 0 Å². The fraction of sp³-hybridized carbons (Fsp3) is 0.333. The van der Waals surface area contributed by atoms with E-state index in [1.807, 2.05) is 60.7 Å². The summed E-state index contributed by atoms with van der Waals surface area (Å²) < 4.78 is 11.0. The van der Waals surface area contributed by atoms with Crippen LogP contribution in [0.1, 0.15) is 36.1 Å². The van der Waals surface area contributed by atoms with Crippen LogP contribution in [-0.4, -0.2) is 53.6 Å². The predicted molar refractivity (Wildman–Crippen MR) is 115 cm³/mol. The van der Waals surface area contributed by atoms with Crippen LogP contribution in [0.3, 0.4) is 0 Å². The van der Waals surface area contributed by atoms with Crippen LogP contribution in [0.15, 0.2) is 60.7 Å². The molecule has 3 saturated heterocycles. The van der Waals surface area contributed by atoms with Crippen molar-refractivity contribution in [1.29, 1.82) is 0 Å². The van der Waals surface area contributed by atoms with E-state index in [9.17, 15) is 19.2 Å². The molecular weight excluding hydrogens is 426 g/mol. The van der Waals surface area contributed by atoms with Gasteiger partial charge in [-0.3, -0.25) is 14.5 Å². The van der Waals surface area contributed by atoms with Crippen LogP contribution in [0.25, 0.3) is 0 Å². The van der Waals surface area contributed by atoms with Crippen LogP contribution in [0.4, 0.5) is 4.79 Å². The summed E-state index contributed by atoms with van der Waals surface area (Å²) in [6.45, 7) is 0.307.